The lowest BCUT2D eigenvalue weighted by molar-refractivity contribution is 0.255. The van der Waals surface area contributed by atoms with Crippen LogP contribution in [0.5, 0.6) is 0 Å². The zero-order valence-electron chi connectivity index (χ0n) is 9.99. The van der Waals surface area contributed by atoms with Crippen LogP contribution in [-0.4, -0.2) is 4.89 Å². The molecule has 19 heavy (non-hydrogen) atoms. The van der Waals surface area contributed by atoms with Crippen molar-refractivity contribution in [1.82, 2.24) is 0 Å². The van der Waals surface area contributed by atoms with Crippen molar-refractivity contribution in [2.75, 3.05) is 5.09 Å². The zero-order chi connectivity index (χ0) is 13.7. The second-order valence-electron chi connectivity index (χ2n) is 3.90. The van der Waals surface area contributed by atoms with E-state index >= 15 is 0 Å². The van der Waals surface area contributed by atoms with Gasteiger partial charge in [0.05, 0.1) is 6.61 Å². The average molecular weight is 389 g/mol. The highest BCUT2D eigenvalue weighted by molar-refractivity contribution is 14.1. The van der Waals surface area contributed by atoms with Crippen molar-refractivity contribution in [3.05, 3.63) is 63.7 Å². The minimum Gasteiger partial charge on any atom is -0.308 e. The number of anilines is 1. The molecule has 0 aliphatic carbocycles. The van der Waals surface area contributed by atoms with Gasteiger partial charge in [-0.05, 0) is 52.4 Å². The fraction of sp³-hybridized carbons (Fsp3) is 0.0769. The summed E-state index contributed by atoms with van der Waals surface area (Å²) in [5.41, 5.74) is 1.40. The standard InChI is InChI=1S/C13H13INO3P/c14-12-8-6-11(7-9-12)10-18-19(16,17)15-13-4-2-1-3-5-13/h1-9H,10H2,(H2,15,16,17). The molecule has 1 unspecified atom stereocenters. The summed E-state index contributed by atoms with van der Waals surface area (Å²) < 4.78 is 18.0. The SMILES string of the molecule is O=P(O)(Nc1ccccc1)OCc1ccc(I)cc1. The molecule has 100 valence electrons. The number of para-hydroxylation sites is 1. The molecule has 0 aromatic heterocycles. The topological polar surface area (TPSA) is 58.6 Å². The highest BCUT2D eigenvalue weighted by Gasteiger charge is 2.19. The van der Waals surface area contributed by atoms with Gasteiger partial charge in [-0.3, -0.25) is 9.61 Å². The van der Waals surface area contributed by atoms with Gasteiger partial charge in [0, 0.05) is 9.26 Å². The highest BCUT2D eigenvalue weighted by Crippen LogP contribution is 2.42. The summed E-state index contributed by atoms with van der Waals surface area (Å²) in [6, 6.07) is 16.4. The second-order valence-corrected chi connectivity index (χ2v) is 6.67. The third kappa shape index (κ3) is 4.95. The number of benzene rings is 2. The molecule has 0 radical (unpaired) electrons. The first kappa shape index (κ1) is 14.5. The fourth-order valence-corrected chi connectivity index (χ4v) is 2.67. The molecule has 2 aromatic carbocycles. The minimum atomic E-state index is -3.84. The van der Waals surface area contributed by atoms with Gasteiger partial charge in [0.2, 0.25) is 0 Å². The predicted octanol–water partition coefficient (Wildman–Crippen LogP) is 4.02. The van der Waals surface area contributed by atoms with E-state index in [2.05, 4.69) is 27.7 Å². The average Bonchev–Trinajstić information content (AvgIpc) is 2.39. The van der Waals surface area contributed by atoms with Crippen molar-refractivity contribution < 1.29 is 14.0 Å². The van der Waals surface area contributed by atoms with Crippen molar-refractivity contribution in [3.63, 3.8) is 0 Å². The van der Waals surface area contributed by atoms with Crippen molar-refractivity contribution in [3.8, 4) is 0 Å². The maximum Gasteiger partial charge on any atom is 0.430 e. The first-order valence-corrected chi connectivity index (χ1v) is 8.26. The molecule has 2 aromatic rings. The summed E-state index contributed by atoms with van der Waals surface area (Å²) in [5, 5.41) is 2.49. The summed E-state index contributed by atoms with van der Waals surface area (Å²) in [6.45, 7) is 0.0878. The number of hydrogen-bond acceptors (Lipinski definition) is 2. The van der Waals surface area contributed by atoms with Crippen LogP contribution in [0.2, 0.25) is 0 Å². The van der Waals surface area contributed by atoms with E-state index in [1.807, 2.05) is 30.3 Å². The van der Waals surface area contributed by atoms with E-state index in [1.165, 1.54) is 0 Å². The first-order chi connectivity index (χ1) is 9.05. The Labute approximate surface area is 125 Å². The van der Waals surface area contributed by atoms with Crippen LogP contribution in [0, 0.1) is 3.57 Å². The van der Waals surface area contributed by atoms with Gasteiger partial charge in [-0.1, -0.05) is 30.3 Å². The number of halogens is 1. The van der Waals surface area contributed by atoms with Crippen molar-refractivity contribution >= 4 is 36.0 Å². The molecule has 0 fully saturated rings. The van der Waals surface area contributed by atoms with E-state index in [1.54, 1.807) is 24.3 Å². The molecule has 2 rings (SSSR count). The van der Waals surface area contributed by atoms with Gasteiger partial charge < -0.3 is 4.89 Å². The van der Waals surface area contributed by atoms with Gasteiger partial charge in [0.25, 0.3) is 0 Å². The molecule has 0 amide bonds. The monoisotopic (exact) mass is 389 g/mol. The lowest BCUT2D eigenvalue weighted by Crippen LogP contribution is -2.00. The largest absolute Gasteiger partial charge is 0.430 e. The van der Waals surface area contributed by atoms with Crippen LogP contribution in [0.4, 0.5) is 5.69 Å². The molecule has 2 N–H and O–H groups in total. The molecule has 0 aliphatic rings. The maximum atomic E-state index is 11.8. The smallest absolute Gasteiger partial charge is 0.308 e. The maximum absolute atomic E-state index is 11.8. The van der Waals surface area contributed by atoms with E-state index in [9.17, 15) is 9.46 Å². The Balaban J connectivity index is 1.94. The van der Waals surface area contributed by atoms with Crippen LogP contribution in [-0.2, 0) is 15.7 Å². The Bertz CT molecular complexity index is 574. The van der Waals surface area contributed by atoms with E-state index in [-0.39, 0.29) is 6.61 Å². The van der Waals surface area contributed by atoms with Crippen LogP contribution in [0.25, 0.3) is 0 Å². The van der Waals surface area contributed by atoms with Crippen LogP contribution in [0.3, 0.4) is 0 Å². The third-order valence-electron chi connectivity index (χ3n) is 2.36. The van der Waals surface area contributed by atoms with E-state index in [4.69, 9.17) is 4.52 Å². The molecule has 0 aliphatic heterocycles. The fourth-order valence-electron chi connectivity index (χ4n) is 1.45. The normalized spacial score (nSPS) is 13.8. The first-order valence-electron chi connectivity index (χ1n) is 5.60. The van der Waals surface area contributed by atoms with E-state index in [0.717, 1.165) is 9.13 Å². The number of nitrogens with one attached hydrogen (secondary N) is 1. The molecule has 0 spiro atoms. The molecule has 0 heterocycles. The molecule has 1 atom stereocenters. The molecular weight excluding hydrogens is 376 g/mol. The van der Waals surface area contributed by atoms with Gasteiger partial charge >= 0.3 is 7.75 Å². The van der Waals surface area contributed by atoms with Gasteiger partial charge in [-0.15, -0.1) is 0 Å². The Kier molecular flexibility index (Phi) is 4.99. The predicted molar refractivity (Wildman–Crippen MR) is 83.8 cm³/mol. The molecule has 4 nitrogen and oxygen atoms in total. The van der Waals surface area contributed by atoms with Crippen LogP contribution in [0.1, 0.15) is 5.56 Å². The van der Waals surface area contributed by atoms with Gasteiger partial charge in [0.15, 0.2) is 0 Å². The van der Waals surface area contributed by atoms with Gasteiger partial charge in [0.1, 0.15) is 0 Å². The second kappa shape index (κ2) is 6.52. The number of rotatable bonds is 5. The Morgan fingerprint density at radius 1 is 1.11 bits per heavy atom. The van der Waals surface area contributed by atoms with Crippen molar-refractivity contribution in [1.29, 1.82) is 0 Å². The Hall–Kier alpha value is -0.880. The van der Waals surface area contributed by atoms with Crippen LogP contribution in [0.15, 0.2) is 54.6 Å². The minimum absolute atomic E-state index is 0.0878. The van der Waals surface area contributed by atoms with Crippen LogP contribution < -0.4 is 5.09 Å². The van der Waals surface area contributed by atoms with E-state index < -0.39 is 7.75 Å². The third-order valence-corrected chi connectivity index (χ3v) is 4.10. The summed E-state index contributed by atoms with van der Waals surface area (Å²) in [6.07, 6.45) is 0. The lowest BCUT2D eigenvalue weighted by Gasteiger charge is -2.14. The quantitative estimate of drug-likeness (QED) is 0.599. The number of hydrogen-bond donors (Lipinski definition) is 2. The summed E-state index contributed by atoms with van der Waals surface area (Å²) in [4.78, 5) is 9.70. The van der Waals surface area contributed by atoms with Gasteiger partial charge in [-0.2, -0.15) is 0 Å². The van der Waals surface area contributed by atoms with E-state index in [0.29, 0.717) is 5.69 Å². The summed E-state index contributed by atoms with van der Waals surface area (Å²) in [7, 11) is -3.84. The lowest BCUT2D eigenvalue weighted by atomic mass is 10.2. The van der Waals surface area contributed by atoms with Gasteiger partial charge in [-0.25, -0.2) is 4.57 Å². The Morgan fingerprint density at radius 2 is 1.74 bits per heavy atom. The Morgan fingerprint density at radius 3 is 2.37 bits per heavy atom. The highest BCUT2D eigenvalue weighted by atomic mass is 127. The summed E-state index contributed by atoms with van der Waals surface area (Å²) >= 11 is 2.20. The molecule has 0 saturated carbocycles. The van der Waals surface area contributed by atoms with Crippen LogP contribution >= 0.6 is 30.3 Å². The van der Waals surface area contributed by atoms with Crippen molar-refractivity contribution in [2.45, 2.75) is 6.61 Å². The molecular formula is C13H13INO3P. The molecule has 0 saturated heterocycles. The molecule has 6 heteroatoms. The summed E-state index contributed by atoms with van der Waals surface area (Å²) in [5.74, 6) is 0. The molecule has 0 bridgehead atoms. The van der Waals surface area contributed by atoms with Crippen molar-refractivity contribution in [2.24, 2.45) is 0 Å². The zero-order valence-corrected chi connectivity index (χ0v) is 13.0.